The average Bonchev–Trinajstić information content (AvgIpc) is 3.30. The normalized spacial score (nSPS) is 17.9. The second-order valence-corrected chi connectivity index (χ2v) is 7.43. The van der Waals surface area contributed by atoms with Crippen LogP contribution in [0.5, 0.6) is 0 Å². The Morgan fingerprint density at radius 3 is 2.96 bits per heavy atom. The highest BCUT2D eigenvalue weighted by Crippen LogP contribution is 2.30. The molecule has 0 spiro atoms. The number of piperidine rings is 1. The van der Waals surface area contributed by atoms with Gasteiger partial charge < -0.3 is 10.6 Å². The molecule has 4 aromatic rings. The lowest BCUT2D eigenvalue weighted by molar-refractivity contribution is 0.491. The van der Waals surface area contributed by atoms with Crippen molar-refractivity contribution in [2.75, 3.05) is 23.7 Å². The number of anilines is 2. The summed E-state index contributed by atoms with van der Waals surface area (Å²) in [6.07, 6.45) is 6.06. The lowest BCUT2D eigenvalue weighted by Gasteiger charge is -2.32. The molecule has 1 saturated heterocycles. The number of hydrogen-bond donors (Lipinski definition) is 1. The number of benzene rings is 1. The second-order valence-electron chi connectivity index (χ2n) is 6.99. The van der Waals surface area contributed by atoms with Crippen LogP contribution in [-0.2, 0) is 7.05 Å². The predicted molar refractivity (Wildman–Crippen MR) is 105 cm³/mol. The highest BCUT2D eigenvalue weighted by molar-refractivity contribution is 6.31. The SMILES string of the molecule is Cn1cc(N2CCCC(c3nc4c5cc(Cl)ccc5nc(N)n4n3)C2)cn1. The Morgan fingerprint density at radius 1 is 1.26 bits per heavy atom. The maximum absolute atomic E-state index is 6.17. The van der Waals surface area contributed by atoms with Crippen molar-refractivity contribution < 1.29 is 0 Å². The summed E-state index contributed by atoms with van der Waals surface area (Å²) in [5.74, 6) is 1.36. The van der Waals surface area contributed by atoms with Gasteiger partial charge in [-0.15, -0.1) is 5.10 Å². The van der Waals surface area contributed by atoms with Gasteiger partial charge in [-0.3, -0.25) is 4.68 Å². The summed E-state index contributed by atoms with van der Waals surface area (Å²) in [6, 6.07) is 5.52. The van der Waals surface area contributed by atoms with Crippen LogP contribution in [0.25, 0.3) is 16.6 Å². The van der Waals surface area contributed by atoms with E-state index in [0.29, 0.717) is 16.6 Å². The minimum Gasteiger partial charge on any atom is -0.368 e. The standard InChI is InChI=1S/C18H19ClN8/c1-25-10-13(8-21-25)26-6-2-3-11(9-26)16-23-17-14-7-12(19)4-5-15(14)22-18(20)27(17)24-16/h4-5,7-8,10-11H,2-3,6,9H2,1H3,(H2,20,22). The van der Waals surface area contributed by atoms with E-state index in [9.17, 15) is 0 Å². The maximum Gasteiger partial charge on any atom is 0.223 e. The minimum atomic E-state index is 0.229. The molecule has 3 aromatic heterocycles. The molecule has 0 aliphatic carbocycles. The Bertz CT molecular complexity index is 1150. The monoisotopic (exact) mass is 382 g/mol. The molecule has 1 unspecified atom stereocenters. The van der Waals surface area contributed by atoms with E-state index < -0.39 is 0 Å². The molecule has 1 fully saturated rings. The van der Waals surface area contributed by atoms with Crippen molar-refractivity contribution in [1.82, 2.24) is 29.4 Å². The fourth-order valence-electron chi connectivity index (χ4n) is 3.78. The first-order valence-electron chi connectivity index (χ1n) is 8.93. The van der Waals surface area contributed by atoms with Gasteiger partial charge in [0.1, 0.15) is 0 Å². The molecule has 2 N–H and O–H groups in total. The molecular weight excluding hydrogens is 364 g/mol. The van der Waals surface area contributed by atoms with E-state index in [1.165, 1.54) is 0 Å². The molecule has 27 heavy (non-hydrogen) atoms. The van der Waals surface area contributed by atoms with Crippen LogP contribution in [0.4, 0.5) is 11.6 Å². The van der Waals surface area contributed by atoms with E-state index in [2.05, 4.69) is 20.1 Å². The van der Waals surface area contributed by atoms with Gasteiger partial charge in [0.2, 0.25) is 5.95 Å². The Kier molecular flexibility index (Phi) is 3.68. The Labute approximate surface area is 160 Å². The van der Waals surface area contributed by atoms with Crippen LogP contribution in [-0.4, -0.2) is 42.5 Å². The third kappa shape index (κ3) is 2.76. The third-order valence-electron chi connectivity index (χ3n) is 5.12. The molecule has 9 heteroatoms. The second kappa shape index (κ2) is 6.09. The summed E-state index contributed by atoms with van der Waals surface area (Å²) in [7, 11) is 1.93. The van der Waals surface area contributed by atoms with Gasteiger partial charge in [0.15, 0.2) is 11.5 Å². The molecule has 1 aliphatic rings. The van der Waals surface area contributed by atoms with Crippen LogP contribution in [0.15, 0.2) is 30.6 Å². The van der Waals surface area contributed by atoms with Crippen LogP contribution in [0.2, 0.25) is 5.02 Å². The van der Waals surface area contributed by atoms with Crippen molar-refractivity contribution in [3.8, 4) is 0 Å². The van der Waals surface area contributed by atoms with Gasteiger partial charge in [-0.1, -0.05) is 11.6 Å². The molecule has 0 amide bonds. The number of fused-ring (bicyclic) bond motifs is 3. The smallest absolute Gasteiger partial charge is 0.223 e. The Morgan fingerprint density at radius 2 is 2.15 bits per heavy atom. The zero-order chi connectivity index (χ0) is 18.5. The van der Waals surface area contributed by atoms with Crippen molar-refractivity contribution in [3.05, 3.63) is 41.4 Å². The molecule has 1 atom stereocenters. The zero-order valence-electron chi connectivity index (χ0n) is 14.9. The first-order valence-corrected chi connectivity index (χ1v) is 9.31. The number of hydrogen-bond acceptors (Lipinski definition) is 6. The van der Waals surface area contributed by atoms with Crippen molar-refractivity contribution in [2.24, 2.45) is 7.05 Å². The fraction of sp³-hybridized carbons (Fsp3) is 0.333. The van der Waals surface area contributed by atoms with Crippen molar-refractivity contribution >= 4 is 39.8 Å². The number of halogens is 1. The lowest BCUT2D eigenvalue weighted by atomic mass is 9.97. The number of nitrogens with zero attached hydrogens (tertiary/aromatic N) is 7. The number of rotatable bonds is 2. The van der Waals surface area contributed by atoms with E-state index in [1.807, 2.05) is 36.3 Å². The van der Waals surface area contributed by atoms with Gasteiger partial charge >= 0.3 is 0 Å². The van der Waals surface area contributed by atoms with Gasteiger partial charge in [-0.05, 0) is 31.0 Å². The van der Waals surface area contributed by atoms with Gasteiger partial charge in [-0.25, -0.2) is 9.97 Å². The lowest BCUT2D eigenvalue weighted by Crippen LogP contribution is -2.34. The average molecular weight is 383 g/mol. The summed E-state index contributed by atoms with van der Waals surface area (Å²) in [5, 5.41) is 10.5. The largest absolute Gasteiger partial charge is 0.368 e. The predicted octanol–water partition coefficient (Wildman–Crippen LogP) is 2.63. The van der Waals surface area contributed by atoms with Gasteiger partial charge in [0.05, 0.1) is 17.4 Å². The van der Waals surface area contributed by atoms with E-state index in [-0.39, 0.29) is 5.92 Å². The minimum absolute atomic E-state index is 0.229. The first-order chi connectivity index (χ1) is 13.1. The maximum atomic E-state index is 6.17. The quantitative estimate of drug-likeness (QED) is 0.573. The Hall–Kier alpha value is -2.87. The van der Waals surface area contributed by atoms with Crippen LogP contribution in [0.3, 0.4) is 0 Å². The molecule has 0 bridgehead atoms. The summed E-state index contributed by atoms with van der Waals surface area (Å²) in [5.41, 5.74) is 8.72. The summed E-state index contributed by atoms with van der Waals surface area (Å²) < 4.78 is 3.45. The van der Waals surface area contributed by atoms with E-state index in [1.54, 1.807) is 10.6 Å². The third-order valence-corrected chi connectivity index (χ3v) is 5.35. The van der Waals surface area contributed by atoms with E-state index in [4.69, 9.17) is 22.3 Å². The van der Waals surface area contributed by atoms with Crippen LogP contribution in [0, 0.1) is 0 Å². The molecule has 1 aromatic carbocycles. The molecule has 5 rings (SSSR count). The molecule has 0 saturated carbocycles. The molecule has 4 heterocycles. The fourth-order valence-corrected chi connectivity index (χ4v) is 3.96. The number of nitrogens with two attached hydrogens (primary N) is 1. The Balaban J connectivity index is 1.55. The highest BCUT2D eigenvalue weighted by Gasteiger charge is 2.26. The van der Waals surface area contributed by atoms with Crippen LogP contribution >= 0.6 is 11.6 Å². The van der Waals surface area contributed by atoms with Crippen LogP contribution in [0.1, 0.15) is 24.6 Å². The summed E-state index contributed by atoms with van der Waals surface area (Å²) in [4.78, 5) is 11.6. The highest BCUT2D eigenvalue weighted by atomic mass is 35.5. The topological polar surface area (TPSA) is 90.2 Å². The zero-order valence-corrected chi connectivity index (χ0v) is 15.6. The van der Waals surface area contributed by atoms with Crippen molar-refractivity contribution in [2.45, 2.75) is 18.8 Å². The molecule has 1 aliphatic heterocycles. The van der Waals surface area contributed by atoms with E-state index in [0.717, 1.165) is 48.3 Å². The van der Waals surface area contributed by atoms with Gasteiger partial charge in [0.25, 0.3) is 0 Å². The molecule has 0 radical (unpaired) electrons. The van der Waals surface area contributed by atoms with Crippen molar-refractivity contribution in [3.63, 3.8) is 0 Å². The summed E-state index contributed by atoms with van der Waals surface area (Å²) in [6.45, 7) is 1.87. The molecular formula is C18H19ClN8. The summed E-state index contributed by atoms with van der Waals surface area (Å²) >= 11 is 6.17. The van der Waals surface area contributed by atoms with Gasteiger partial charge in [0, 0.05) is 42.7 Å². The number of aromatic nitrogens is 6. The molecule has 8 nitrogen and oxygen atoms in total. The number of aryl methyl sites for hydroxylation is 1. The number of nitrogen functional groups attached to an aromatic ring is 1. The van der Waals surface area contributed by atoms with E-state index >= 15 is 0 Å². The molecule has 138 valence electrons. The van der Waals surface area contributed by atoms with Crippen LogP contribution < -0.4 is 10.6 Å². The van der Waals surface area contributed by atoms with Crippen molar-refractivity contribution in [1.29, 1.82) is 0 Å². The first kappa shape index (κ1) is 16.3. The van der Waals surface area contributed by atoms with Gasteiger partial charge in [-0.2, -0.15) is 9.61 Å².